The van der Waals surface area contributed by atoms with Gasteiger partial charge in [0.15, 0.2) is 0 Å². The third-order valence-corrected chi connectivity index (χ3v) is 3.51. The fraction of sp³-hybridized carbons (Fsp3) is 0.583. The molecule has 0 radical (unpaired) electrons. The van der Waals surface area contributed by atoms with Crippen LogP contribution in [0.1, 0.15) is 29.9 Å². The molecule has 3 N–H and O–H groups in total. The summed E-state index contributed by atoms with van der Waals surface area (Å²) >= 11 is 1.24. The Balaban J connectivity index is 3.09. The molecule has 1 heterocycles. The van der Waals surface area contributed by atoms with Crippen molar-refractivity contribution in [3.63, 3.8) is 0 Å². The minimum Gasteiger partial charge on any atom is -0.394 e. The number of H-pyrrole nitrogens is 1. The number of aryl methyl sites for hydroxylation is 1. The monoisotopic (exact) mass is 285 g/mol. The van der Waals surface area contributed by atoms with Crippen LogP contribution in [-0.2, 0) is 0 Å². The number of aliphatic hydroxyl groups excluding tert-OH is 1. The Labute approximate surface area is 116 Å². The molecule has 106 valence electrons. The predicted octanol–water partition coefficient (Wildman–Crippen LogP) is 0.547. The molecule has 0 fully saturated rings. The normalized spacial score (nSPS) is 12.5. The van der Waals surface area contributed by atoms with Crippen molar-refractivity contribution in [2.75, 3.05) is 12.9 Å². The molecule has 7 heteroatoms. The molecule has 1 rings (SSSR count). The van der Waals surface area contributed by atoms with Crippen LogP contribution in [0.4, 0.5) is 0 Å². The molecule has 0 aliphatic heterocycles. The second-order valence-electron chi connectivity index (χ2n) is 4.56. The first-order chi connectivity index (χ1) is 8.90. The standard InChI is InChI=1S/C12H19N3O3S/c1-6(2)8(5-16)14-10(17)9-7(3)13-12(18)15-11(9)19-4/h6,8,16H,5H2,1-4H3,(H,14,17)(H,13,15,18)/t8-/m1/s1. The van der Waals surface area contributed by atoms with Gasteiger partial charge in [-0.25, -0.2) is 4.79 Å². The van der Waals surface area contributed by atoms with E-state index in [1.807, 2.05) is 13.8 Å². The van der Waals surface area contributed by atoms with Crippen molar-refractivity contribution in [2.45, 2.75) is 31.8 Å². The molecule has 1 atom stereocenters. The highest BCUT2D eigenvalue weighted by Crippen LogP contribution is 2.18. The van der Waals surface area contributed by atoms with E-state index in [1.165, 1.54) is 11.8 Å². The Morgan fingerprint density at radius 1 is 1.53 bits per heavy atom. The number of nitrogens with one attached hydrogen (secondary N) is 2. The largest absolute Gasteiger partial charge is 0.394 e. The minimum absolute atomic E-state index is 0.114. The SMILES string of the molecule is CSc1nc(=O)[nH]c(C)c1C(=O)N[C@H](CO)C(C)C. The summed E-state index contributed by atoms with van der Waals surface area (Å²) in [5, 5.41) is 12.4. The third kappa shape index (κ3) is 3.81. The van der Waals surface area contributed by atoms with Gasteiger partial charge in [0, 0.05) is 5.69 Å². The van der Waals surface area contributed by atoms with E-state index in [-0.39, 0.29) is 24.5 Å². The van der Waals surface area contributed by atoms with Gasteiger partial charge in [0.25, 0.3) is 5.91 Å². The summed E-state index contributed by atoms with van der Waals surface area (Å²) in [5.74, 6) is -0.221. The maximum Gasteiger partial charge on any atom is 0.346 e. The summed E-state index contributed by atoms with van der Waals surface area (Å²) in [6, 6.07) is -0.325. The lowest BCUT2D eigenvalue weighted by molar-refractivity contribution is 0.0892. The first-order valence-electron chi connectivity index (χ1n) is 5.97. The van der Waals surface area contributed by atoms with E-state index in [0.717, 1.165) is 0 Å². The number of aromatic amines is 1. The van der Waals surface area contributed by atoms with Crippen LogP contribution in [0, 0.1) is 12.8 Å². The van der Waals surface area contributed by atoms with Crippen molar-refractivity contribution in [1.82, 2.24) is 15.3 Å². The number of hydrogen-bond acceptors (Lipinski definition) is 5. The summed E-state index contributed by atoms with van der Waals surface area (Å²) in [6.07, 6.45) is 1.75. The summed E-state index contributed by atoms with van der Waals surface area (Å²) in [7, 11) is 0. The summed E-state index contributed by atoms with van der Waals surface area (Å²) in [6.45, 7) is 5.35. The molecule has 6 nitrogen and oxygen atoms in total. The molecule has 1 aromatic rings. The fourth-order valence-corrected chi connectivity index (χ4v) is 2.26. The van der Waals surface area contributed by atoms with Crippen molar-refractivity contribution in [3.8, 4) is 0 Å². The van der Waals surface area contributed by atoms with Gasteiger partial charge in [0.05, 0.1) is 18.2 Å². The number of carbonyl (C=O) groups is 1. The van der Waals surface area contributed by atoms with E-state index < -0.39 is 5.69 Å². The molecule has 1 amide bonds. The molecule has 0 bridgehead atoms. The number of aromatic nitrogens is 2. The van der Waals surface area contributed by atoms with Crippen LogP contribution < -0.4 is 11.0 Å². The lowest BCUT2D eigenvalue weighted by atomic mass is 10.0. The van der Waals surface area contributed by atoms with Crippen LogP contribution in [0.25, 0.3) is 0 Å². The summed E-state index contributed by atoms with van der Waals surface area (Å²) < 4.78 is 0. The molecule has 0 spiro atoms. The second kappa shape index (κ2) is 6.72. The summed E-state index contributed by atoms with van der Waals surface area (Å²) in [5.41, 5.74) is 0.356. The van der Waals surface area contributed by atoms with Gasteiger partial charge in [-0.1, -0.05) is 13.8 Å². The molecule has 0 saturated carbocycles. The van der Waals surface area contributed by atoms with Gasteiger partial charge < -0.3 is 15.4 Å². The molecule has 0 aliphatic carbocycles. The predicted molar refractivity (Wildman–Crippen MR) is 74.6 cm³/mol. The minimum atomic E-state index is -0.471. The Kier molecular flexibility index (Phi) is 5.56. The highest BCUT2D eigenvalue weighted by atomic mass is 32.2. The molecule has 19 heavy (non-hydrogen) atoms. The number of rotatable bonds is 5. The average Bonchev–Trinajstić information content (AvgIpc) is 2.33. The molecule has 0 saturated heterocycles. The molecule has 0 aliphatic rings. The maximum absolute atomic E-state index is 12.2. The van der Waals surface area contributed by atoms with Crippen molar-refractivity contribution in [3.05, 3.63) is 21.7 Å². The van der Waals surface area contributed by atoms with Gasteiger partial charge >= 0.3 is 5.69 Å². The van der Waals surface area contributed by atoms with Gasteiger partial charge in [-0.3, -0.25) is 4.79 Å². The zero-order chi connectivity index (χ0) is 14.6. The number of hydrogen-bond donors (Lipinski definition) is 3. The van der Waals surface area contributed by atoms with Crippen LogP contribution in [-0.4, -0.2) is 39.9 Å². The second-order valence-corrected chi connectivity index (χ2v) is 5.35. The molecule has 0 unspecified atom stereocenters. The van der Waals surface area contributed by atoms with E-state index in [4.69, 9.17) is 0 Å². The lowest BCUT2D eigenvalue weighted by Crippen LogP contribution is -2.42. The van der Waals surface area contributed by atoms with Crippen LogP contribution in [0.2, 0.25) is 0 Å². The highest BCUT2D eigenvalue weighted by molar-refractivity contribution is 7.98. The van der Waals surface area contributed by atoms with Crippen molar-refractivity contribution >= 4 is 17.7 Å². The number of thioether (sulfide) groups is 1. The van der Waals surface area contributed by atoms with Crippen molar-refractivity contribution < 1.29 is 9.90 Å². The van der Waals surface area contributed by atoms with Crippen molar-refractivity contribution in [1.29, 1.82) is 0 Å². The first kappa shape index (κ1) is 15.7. The maximum atomic E-state index is 12.2. The summed E-state index contributed by atoms with van der Waals surface area (Å²) in [4.78, 5) is 29.8. The van der Waals surface area contributed by atoms with E-state index in [1.54, 1.807) is 13.2 Å². The van der Waals surface area contributed by atoms with E-state index in [2.05, 4.69) is 15.3 Å². The Morgan fingerprint density at radius 2 is 2.16 bits per heavy atom. The molecular formula is C12H19N3O3S. The van der Waals surface area contributed by atoms with Gasteiger partial charge in [0.2, 0.25) is 0 Å². The zero-order valence-electron chi connectivity index (χ0n) is 11.5. The Morgan fingerprint density at radius 3 is 2.63 bits per heavy atom. The van der Waals surface area contributed by atoms with E-state index in [9.17, 15) is 14.7 Å². The van der Waals surface area contributed by atoms with Crippen LogP contribution in [0.3, 0.4) is 0 Å². The van der Waals surface area contributed by atoms with Gasteiger partial charge in [-0.15, -0.1) is 11.8 Å². The Hall–Kier alpha value is -1.34. The Bertz CT molecular complexity index is 513. The third-order valence-electron chi connectivity index (χ3n) is 2.82. The van der Waals surface area contributed by atoms with Crippen LogP contribution >= 0.6 is 11.8 Å². The quantitative estimate of drug-likeness (QED) is 0.542. The van der Waals surface area contributed by atoms with Crippen molar-refractivity contribution in [2.24, 2.45) is 5.92 Å². The topological polar surface area (TPSA) is 95.1 Å². The number of nitrogens with zero attached hydrogens (tertiary/aromatic N) is 1. The van der Waals surface area contributed by atoms with Crippen LogP contribution in [0.5, 0.6) is 0 Å². The lowest BCUT2D eigenvalue weighted by Gasteiger charge is -2.20. The first-order valence-corrected chi connectivity index (χ1v) is 7.19. The fourth-order valence-electron chi connectivity index (χ4n) is 1.64. The van der Waals surface area contributed by atoms with Gasteiger partial charge in [0.1, 0.15) is 5.03 Å². The zero-order valence-corrected chi connectivity index (χ0v) is 12.3. The number of carbonyl (C=O) groups excluding carboxylic acids is 1. The number of aliphatic hydroxyl groups is 1. The van der Waals surface area contributed by atoms with E-state index >= 15 is 0 Å². The highest BCUT2D eigenvalue weighted by Gasteiger charge is 2.21. The van der Waals surface area contributed by atoms with Gasteiger partial charge in [-0.05, 0) is 19.1 Å². The smallest absolute Gasteiger partial charge is 0.346 e. The average molecular weight is 285 g/mol. The molecule has 1 aromatic heterocycles. The molecular weight excluding hydrogens is 266 g/mol. The van der Waals surface area contributed by atoms with Crippen LogP contribution in [0.15, 0.2) is 9.82 Å². The molecule has 0 aromatic carbocycles. The van der Waals surface area contributed by atoms with Gasteiger partial charge in [-0.2, -0.15) is 4.98 Å². The number of amides is 1. The van der Waals surface area contributed by atoms with E-state index in [0.29, 0.717) is 16.3 Å².